The van der Waals surface area contributed by atoms with Crippen LogP contribution >= 0.6 is 0 Å². The summed E-state index contributed by atoms with van der Waals surface area (Å²) in [5.41, 5.74) is 3.27. The molecular formula is C23H21N3O3. The number of ether oxygens (including phenoxy) is 1. The molecule has 6 nitrogen and oxygen atoms in total. The molecule has 0 aromatic heterocycles. The Labute approximate surface area is 169 Å². The predicted octanol–water partition coefficient (Wildman–Crippen LogP) is 3.87. The second-order valence-electron chi connectivity index (χ2n) is 6.83. The molecule has 0 saturated carbocycles. The molecule has 0 fully saturated rings. The summed E-state index contributed by atoms with van der Waals surface area (Å²) in [7, 11) is 1.64. The van der Waals surface area contributed by atoms with Crippen LogP contribution in [0.25, 0.3) is 11.1 Å². The third kappa shape index (κ3) is 3.66. The Balaban J connectivity index is 2.03. The van der Waals surface area contributed by atoms with Crippen molar-refractivity contribution in [1.29, 1.82) is 10.5 Å². The highest BCUT2D eigenvalue weighted by atomic mass is 16.5. The molecule has 2 aromatic rings. The van der Waals surface area contributed by atoms with Crippen LogP contribution in [0.5, 0.6) is 0 Å². The van der Waals surface area contributed by atoms with Gasteiger partial charge < -0.3 is 14.7 Å². The van der Waals surface area contributed by atoms with Crippen molar-refractivity contribution in [3.63, 3.8) is 0 Å². The molecule has 1 aliphatic rings. The quantitative estimate of drug-likeness (QED) is 0.808. The molecule has 3 rings (SSSR count). The van der Waals surface area contributed by atoms with Gasteiger partial charge >= 0.3 is 5.97 Å². The fourth-order valence-corrected chi connectivity index (χ4v) is 3.69. The molecule has 0 spiro atoms. The second kappa shape index (κ2) is 8.50. The molecule has 2 atom stereocenters. The van der Waals surface area contributed by atoms with Gasteiger partial charge in [0.1, 0.15) is 12.1 Å². The van der Waals surface area contributed by atoms with E-state index in [1.165, 1.54) is 4.90 Å². The average Bonchev–Trinajstić information content (AvgIpc) is 3.03. The maximum Gasteiger partial charge on any atom is 0.327 e. The summed E-state index contributed by atoms with van der Waals surface area (Å²) < 4.78 is 5.71. The van der Waals surface area contributed by atoms with Crippen LogP contribution in [0.4, 0.5) is 0 Å². The number of carbonyl (C=O) groups is 1. The summed E-state index contributed by atoms with van der Waals surface area (Å²) >= 11 is 0. The van der Waals surface area contributed by atoms with E-state index >= 15 is 0 Å². The zero-order valence-electron chi connectivity index (χ0n) is 16.3. The number of likely N-dealkylation sites (N-methyl/N-ethyl adjacent to an activating group) is 1. The first-order valence-electron chi connectivity index (χ1n) is 9.35. The van der Waals surface area contributed by atoms with Gasteiger partial charge in [-0.3, -0.25) is 0 Å². The predicted molar refractivity (Wildman–Crippen MR) is 107 cm³/mol. The molecule has 0 aliphatic carbocycles. The van der Waals surface area contributed by atoms with E-state index in [4.69, 9.17) is 4.74 Å². The van der Waals surface area contributed by atoms with E-state index in [0.29, 0.717) is 29.2 Å². The SMILES string of the molecule is CCCOC1=C(C#N)C(c2ccc(-c3ccccc3C#N)cc2)C(C(=O)O)N1C. The molecule has 1 heterocycles. The number of carboxylic acid groups (broad SMARTS) is 1. The Morgan fingerprint density at radius 2 is 1.83 bits per heavy atom. The third-order valence-electron chi connectivity index (χ3n) is 5.04. The van der Waals surface area contributed by atoms with Gasteiger partial charge in [-0.15, -0.1) is 0 Å². The standard InChI is InChI=1S/C23H21N3O3/c1-3-12-29-22-19(14-25)20(21(23(27)28)26(22)2)16-10-8-15(9-11-16)18-7-5-4-6-17(18)13-24/h4-11,20-21H,3,12H2,1-2H3,(H,27,28). The number of hydrogen-bond acceptors (Lipinski definition) is 5. The van der Waals surface area contributed by atoms with E-state index in [2.05, 4.69) is 12.1 Å². The number of aliphatic carboxylic acids is 1. The first-order chi connectivity index (χ1) is 14.0. The largest absolute Gasteiger partial charge is 0.480 e. The molecule has 1 aliphatic heterocycles. The van der Waals surface area contributed by atoms with Gasteiger partial charge in [0.2, 0.25) is 5.88 Å². The molecule has 2 aromatic carbocycles. The Morgan fingerprint density at radius 1 is 1.14 bits per heavy atom. The number of rotatable bonds is 6. The highest BCUT2D eigenvalue weighted by Gasteiger charge is 2.45. The third-order valence-corrected chi connectivity index (χ3v) is 5.04. The molecule has 0 bridgehead atoms. The molecule has 146 valence electrons. The molecule has 0 radical (unpaired) electrons. The van der Waals surface area contributed by atoms with E-state index in [9.17, 15) is 20.4 Å². The zero-order valence-corrected chi connectivity index (χ0v) is 16.3. The lowest BCUT2D eigenvalue weighted by atomic mass is 9.86. The minimum atomic E-state index is -1.01. The summed E-state index contributed by atoms with van der Waals surface area (Å²) in [6.07, 6.45) is 0.755. The van der Waals surface area contributed by atoms with Crippen LogP contribution in [-0.2, 0) is 9.53 Å². The summed E-state index contributed by atoms with van der Waals surface area (Å²) in [4.78, 5) is 13.5. The van der Waals surface area contributed by atoms with Crippen LogP contribution in [0.15, 0.2) is 60.0 Å². The van der Waals surface area contributed by atoms with Crippen molar-refractivity contribution in [2.75, 3.05) is 13.7 Å². The van der Waals surface area contributed by atoms with Gasteiger partial charge in [-0.2, -0.15) is 10.5 Å². The van der Waals surface area contributed by atoms with E-state index in [0.717, 1.165) is 17.5 Å². The minimum Gasteiger partial charge on any atom is -0.480 e. The summed E-state index contributed by atoms with van der Waals surface area (Å²) in [6.45, 7) is 2.36. The fourth-order valence-electron chi connectivity index (χ4n) is 3.69. The minimum absolute atomic E-state index is 0.318. The molecule has 2 unspecified atom stereocenters. The normalized spacial score (nSPS) is 18.3. The van der Waals surface area contributed by atoms with Gasteiger partial charge in [0, 0.05) is 7.05 Å². The maximum absolute atomic E-state index is 12.0. The van der Waals surface area contributed by atoms with Crippen LogP contribution in [0.2, 0.25) is 0 Å². The lowest BCUT2D eigenvalue weighted by Crippen LogP contribution is -2.38. The highest BCUT2D eigenvalue weighted by Crippen LogP contribution is 2.41. The van der Waals surface area contributed by atoms with Crippen molar-refractivity contribution in [2.45, 2.75) is 25.3 Å². The first-order valence-corrected chi connectivity index (χ1v) is 9.35. The van der Waals surface area contributed by atoms with E-state index in [1.807, 2.05) is 49.4 Å². The molecular weight excluding hydrogens is 366 g/mol. The Morgan fingerprint density at radius 3 is 2.41 bits per heavy atom. The average molecular weight is 387 g/mol. The smallest absolute Gasteiger partial charge is 0.327 e. The molecule has 0 saturated heterocycles. The molecule has 0 amide bonds. The topological polar surface area (TPSA) is 97.3 Å². The lowest BCUT2D eigenvalue weighted by molar-refractivity contribution is -0.142. The Kier molecular flexibility index (Phi) is 5.85. The number of hydrogen-bond donors (Lipinski definition) is 1. The summed E-state index contributed by atoms with van der Waals surface area (Å²) in [6, 6.07) is 18.1. The monoisotopic (exact) mass is 387 g/mol. The summed E-state index contributed by atoms with van der Waals surface area (Å²) in [5, 5.41) is 28.9. The van der Waals surface area contributed by atoms with Crippen LogP contribution in [0, 0.1) is 22.7 Å². The van der Waals surface area contributed by atoms with Crippen molar-refractivity contribution in [3.8, 4) is 23.3 Å². The zero-order chi connectivity index (χ0) is 21.0. The highest BCUT2D eigenvalue weighted by molar-refractivity contribution is 5.78. The van der Waals surface area contributed by atoms with E-state index in [1.54, 1.807) is 13.1 Å². The first kappa shape index (κ1) is 20.0. The Hall–Kier alpha value is -3.77. The van der Waals surface area contributed by atoms with Crippen LogP contribution in [0.3, 0.4) is 0 Å². The maximum atomic E-state index is 12.0. The fraction of sp³-hybridized carbons (Fsp3) is 0.261. The number of carboxylic acids is 1. The van der Waals surface area contributed by atoms with E-state index < -0.39 is 17.9 Å². The molecule has 29 heavy (non-hydrogen) atoms. The second-order valence-corrected chi connectivity index (χ2v) is 6.83. The number of nitrogens with zero attached hydrogens (tertiary/aromatic N) is 3. The number of nitriles is 2. The van der Waals surface area contributed by atoms with Crippen LogP contribution in [0.1, 0.15) is 30.4 Å². The lowest BCUT2D eigenvalue weighted by Gasteiger charge is -2.24. The van der Waals surface area contributed by atoms with E-state index in [-0.39, 0.29) is 0 Å². The summed E-state index contributed by atoms with van der Waals surface area (Å²) in [5.74, 6) is -1.32. The van der Waals surface area contributed by atoms with Gasteiger partial charge in [0.05, 0.1) is 29.7 Å². The Bertz CT molecular complexity index is 1030. The molecule has 6 heteroatoms. The van der Waals surface area contributed by atoms with Crippen LogP contribution in [-0.4, -0.2) is 35.7 Å². The van der Waals surface area contributed by atoms with Crippen molar-refractivity contribution < 1.29 is 14.6 Å². The number of benzene rings is 2. The van der Waals surface area contributed by atoms with Gasteiger partial charge in [0.15, 0.2) is 0 Å². The van der Waals surface area contributed by atoms with Gasteiger partial charge in [0.25, 0.3) is 0 Å². The van der Waals surface area contributed by atoms with Crippen molar-refractivity contribution >= 4 is 5.97 Å². The van der Waals surface area contributed by atoms with Gasteiger partial charge in [-0.25, -0.2) is 4.79 Å². The van der Waals surface area contributed by atoms with Crippen molar-refractivity contribution in [1.82, 2.24) is 4.90 Å². The van der Waals surface area contributed by atoms with Crippen LogP contribution < -0.4 is 0 Å². The molecule has 1 N–H and O–H groups in total. The van der Waals surface area contributed by atoms with Crippen molar-refractivity contribution in [3.05, 3.63) is 71.1 Å². The van der Waals surface area contributed by atoms with Crippen molar-refractivity contribution in [2.24, 2.45) is 0 Å². The van der Waals surface area contributed by atoms with Gasteiger partial charge in [-0.1, -0.05) is 49.4 Å². The van der Waals surface area contributed by atoms with Gasteiger partial charge in [-0.05, 0) is 29.2 Å².